The van der Waals surface area contributed by atoms with Gasteiger partial charge in [0.25, 0.3) is 0 Å². The zero-order valence-electron chi connectivity index (χ0n) is 11.5. The molecule has 21 heavy (non-hydrogen) atoms. The molecule has 0 saturated heterocycles. The van der Waals surface area contributed by atoms with E-state index in [1.807, 2.05) is 24.3 Å². The SMILES string of the molecule is CC(=O)Oc1ccccc1OC[C@H](O)c1ccc(Br)cc1. The van der Waals surface area contributed by atoms with Gasteiger partial charge < -0.3 is 14.6 Å². The minimum absolute atomic E-state index is 0.0694. The summed E-state index contributed by atoms with van der Waals surface area (Å²) in [7, 11) is 0. The molecule has 0 saturated carbocycles. The van der Waals surface area contributed by atoms with Crippen LogP contribution in [0.5, 0.6) is 11.5 Å². The Hall–Kier alpha value is -1.85. The minimum Gasteiger partial charge on any atom is -0.487 e. The maximum Gasteiger partial charge on any atom is 0.308 e. The highest BCUT2D eigenvalue weighted by atomic mass is 79.9. The molecule has 0 fully saturated rings. The first-order valence-corrected chi connectivity index (χ1v) is 7.19. The Morgan fingerprint density at radius 2 is 1.76 bits per heavy atom. The molecular formula is C16H15BrO4. The second kappa shape index (κ2) is 7.24. The van der Waals surface area contributed by atoms with Crippen LogP contribution in [0.1, 0.15) is 18.6 Å². The lowest BCUT2D eigenvalue weighted by Gasteiger charge is -2.14. The molecule has 5 heteroatoms. The Kier molecular flexibility index (Phi) is 5.36. The third-order valence-electron chi connectivity index (χ3n) is 2.75. The molecule has 0 heterocycles. The van der Waals surface area contributed by atoms with Crippen molar-refractivity contribution in [1.82, 2.24) is 0 Å². The highest BCUT2D eigenvalue weighted by molar-refractivity contribution is 9.10. The zero-order valence-corrected chi connectivity index (χ0v) is 13.0. The van der Waals surface area contributed by atoms with E-state index in [0.29, 0.717) is 11.5 Å². The largest absolute Gasteiger partial charge is 0.487 e. The van der Waals surface area contributed by atoms with Gasteiger partial charge >= 0.3 is 5.97 Å². The molecule has 0 aliphatic carbocycles. The molecule has 0 aromatic heterocycles. The van der Waals surface area contributed by atoms with Crippen LogP contribution in [0, 0.1) is 0 Å². The monoisotopic (exact) mass is 350 g/mol. The number of hydrogen-bond acceptors (Lipinski definition) is 4. The van der Waals surface area contributed by atoms with Gasteiger partial charge in [0.15, 0.2) is 11.5 Å². The first-order chi connectivity index (χ1) is 10.1. The first kappa shape index (κ1) is 15.5. The molecule has 1 N–H and O–H groups in total. The number of para-hydroxylation sites is 2. The fourth-order valence-corrected chi connectivity index (χ4v) is 2.02. The molecular weight excluding hydrogens is 336 g/mol. The van der Waals surface area contributed by atoms with Gasteiger partial charge in [-0.05, 0) is 29.8 Å². The van der Waals surface area contributed by atoms with E-state index in [2.05, 4.69) is 15.9 Å². The zero-order chi connectivity index (χ0) is 15.2. The first-order valence-electron chi connectivity index (χ1n) is 6.40. The van der Waals surface area contributed by atoms with Crippen molar-refractivity contribution in [3.8, 4) is 11.5 Å². The summed E-state index contributed by atoms with van der Waals surface area (Å²) in [4.78, 5) is 11.0. The van der Waals surface area contributed by atoms with Gasteiger partial charge in [0.1, 0.15) is 12.7 Å². The minimum atomic E-state index is -0.761. The molecule has 0 radical (unpaired) electrons. The Balaban J connectivity index is 2.02. The average molecular weight is 351 g/mol. The molecule has 4 nitrogen and oxygen atoms in total. The van der Waals surface area contributed by atoms with Crippen molar-refractivity contribution < 1.29 is 19.4 Å². The second-order valence-electron chi connectivity index (χ2n) is 4.42. The van der Waals surface area contributed by atoms with Gasteiger partial charge in [0.05, 0.1) is 0 Å². The van der Waals surface area contributed by atoms with Crippen molar-refractivity contribution in [2.24, 2.45) is 0 Å². The van der Waals surface area contributed by atoms with Gasteiger partial charge in [0.2, 0.25) is 0 Å². The number of rotatable bonds is 5. The van der Waals surface area contributed by atoms with Crippen LogP contribution < -0.4 is 9.47 Å². The van der Waals surface area contributed by atoms with Gasteiger partial charge in [-0.1, -0.05) is 40.2 Å². The van der Waals surface area contributed by atoms with Crippen molar-refractivity contribution in [3.63, 3.8) is 0 Å². The molecule has 0 bridgehead atoms. The number of benzene rings is 2. The van der Waals surface area contributed by atoms with Crippen LogP contribution in [0.3, 0.4) is 0 Å². The summed E-state index contributed by atoms with van der Waals surface area (Å²) >= 11 is 3.34. The number of esters is 1. The average Bonchev–Trinajstić information content (AvgIpc) is 2.46. The lowest BCUT2D eigenvalue weighted by molar-refractivity contribution is -0.132. The van der Waals surface area contributed by atoms with Crippen LogP contribution in [0.2, 0.25) is 0 Å². The fraction of sp³-hybridized carbons (Fsp3) is 0.188. The molecule has 2 aromatic rings. The molecule has 2 aromatic carbocycles. The van der Waals surface area contributed by atoms with Crippen molar-refractivity contribution in [3.05, 3.63) is 58.6 Å². The van der Waals surface area contributed by atoms with Crippen LogP contribution in [0.25, 0.3) is 0 Å². The highest BCUT2D eigenvalue weighted by Gasteiger charge is 2.11. The summed E-state index contributed by atoms with van der Waals surface area (Å²) in [5, 5.41) is 10.1. The highest BCUT2D eigenvalue weighted by Crippen LogP contribution is 2.28. The topological polar surface area (TPSA) is 55.8 Å². The number of aliphatic hydroxyl groups is 1. The van der Waals surface area contributed by atoms with Crippen molar-refractivity contribution >= 4 is 21.9 Å². The molecule has 0 aliphatic heterocycles. The van der Waals surface area contributed by atoms with E-state index in [4.69, 9.17) is 9.47 Å². The maximum atomic E-state index is 11.0. The number of carbonyl (C=O) groups excluding carboxylic acids is 1. The van der Waals surface area contributed by atoms with E-state index in [9.17, 15) is 9.90 Å². The van der Waals surface area contributed by atoms with E-state index < -0.39 is 12.1 Å². The number of hydrogen-bond donors (Lipinski definition) is 1. The van der Waals surface area contributed by atoms with Crippen LogP contribution >= 0.6 is 15.9 Å². The Bertz CT molecular complexity index is 610. The molecule has 110 valence electrons. The van der Waals surface area contributed by atoms with Gasteiger partial charge in [-0.15, -0.1) is 0 Å². The summed E-state index contributed by atoms with van der Waals surface area (Å²) < 4.78 is 11.5. The predicted molar refractivity (Wildman–Crippen MR) is 82.3 cm³/mol. The third kappa shape index (κ3) is 4.58. The van der Waals surface area contributed by atoms with Crippen molar-refractivity contribution in [2.45, 2.75) is 13.0 Å². The molecule has 0 spiro atoms. The summed E-state index contributed by atoms with van der Waals surface area (Å²) in [6.07, 6.45) is -0.761. The van der Waals surface area contributed by atoms with Gasteiger partial charge in [-0.2, -0.15) is 0 Å². The molecule has 0 aliphatic rings. The van der Waals surface area contributed by atoms with Crippen molar-refractivity contribution in [2.75, 3.05) is 6.61 Å². The van der Waals surface area contributed by atoms with Gasteiger partial charge in [0, 0.05) is 11.4 Å². The standard InChI is InChI=1S/C16H15BrO4/c1-11(18)21-16-5-3-2-4-15(16)20-10-14(19)12-6-8-13(17)9-7-12/h2-9,14,19H,10H2,1H3/t14-/m0/s1. The Morgan fingerprint density at radius 1 is 1.14 bits per heavy atom. The summed E-state index contributed by atoms with van der Waals surface area (Å²) in [5.74, 6) is 0.344. The van der Waals surface area contributed by atoms with Crippen LogP contribution in [0.4, 0.5) is 0 Å². The van der Waals surface area contributed by atoms with E-state index in [0.717, 1.165) is 10.0 Å². The van der Waals surface area contributed by atoms with Crippen LogP contribution in [-0.4, -0.2) is 17.7 Å². The molecule has 2 rings (SSSR count). The second-order valence-corrected chi connectivity index (χ2v) is 5.33. The lowest BCUT2D eigenvalue weighted by atomic mass is 10.1. The summed E-state index contributed by atoms with van der Waals surface area (Å²) in [6, 6.07) is 14.2. The smallest absolute Gasteiger partial charge is 0.308 e. The van der Waals surface area contributed by atoms with Crippen molar-refractivity contribution in [1.29, 1.82) is 0 Å². The van der Waals surface area contributed by atoms with E-state index in [1.165, 1.54) is 6.92 Å². The molecule has 0 amide bonds. The summed E-state index contributed by atoms with van der Waals surface area (Å²) in [5.41, 5.74) is 0.753. The van der Waals surface area contributed by atoms with Gasteiger partial charge in [-0.3, -0.25) is 4.79 Å². The number of carbonyl (C=O) groups is 1. The normalized spacial score (nSPS) is 11.8. The summed E-state index contributed by atoms with van der Waals surface area (Å²) in [6.45, 7) is 1.40. The Morgan fingerprint density at radius 3 is 2.38 bits per heavy atom. The number of aliphatic hydroxyl groups excluding tert-OH is 1. The quantitative estimate of drug-likeness (QED) is 0.662. The van der Waals surface area contributed by atoms with Crippen LogP contribution in [0.15, 0.2) is 53.0 Å². The lowest BCUT2D eigenvalue weighted by Crippen LogP contribution is -2.11. The van der Waals surface area contributed by atoms with E-state index >= 15 is 0 Å². The third-order valence-corrected chi connectivity index (χ3v) is 3.28. The van der Waals surface area contributed by atoms with Crippen LogP contribution in [-0.2, 0) is 4.79 Å². The predicted octanol–water partition coefficient (Wildman–Crippen LogP) is 3.49. The maximum absolute atomic E-state index is 11.0. The van der Waals surface area contributed by atoms with E-state index in [-0.39, 0.29) is 6.61 Å². The number of ether oxygens (including phenoxy) is 2. The van der Waals surface area contributed by atoms with E-state index in [1.54, 1.807) is 24.3 Å². The molecule has 1 atom stereocenters. The number of halogens is 1. The Labute approximate surface area is 131 Å². The fourth-order valence-electron chi connectivity index (χ4n) is 1.76. The molecule has 0 unspecified atom stereocenters. The van der Waals surface area contributed by atoms with Gasteiger partial charge in [-0.25, -0.2) is 0 Å².